The summed E-state index contributed by atoms with van der Waals surface area (Å²) in [6, 6.07) is 42.4. The van der Waals surface area contributed by atoms with Crippen LogP contribution in [0.25, 0.3) is 67.4 Å². The van der Waals surface area contributed by atoms with Crippen molar-refractivity contribution in [1.82, 2.24) is 24.9 Å². The van der Waals surface area contributed by atoms with Crippen LogP contribution < -0.4 is 0 Å². The van der Waals surface area contributed by atoms with Crippen molar-refractivity contribution >= 4 is 21.7 Å². The summed E-state index contributed by atoms with van der Waals surface area (Å²) in [6.07, 6.45) is 0. The second kappa shape index (κ2) is 9.30. The summed E-state index contributed by atoms with van der Waals surface area (Å²) in [7, 11) is 0. The molecular formula is C33H21N5. The van der Waals surface area contributed by atoms with Gasteiger partial charge in [-0.05, 0) is 23.6 Å². The lowest BCUT2D eigenvalue weighted by Crippen LogP contribution is -2.01. The molecule has 0 unspecified atom stereocenters. The standard InChI is InChI=1S/C33H21N5/c1-3-12-22(13-4-1)31-36-32(23-14-5-2-6-15-23)38-33(37-31)29-21-11-20-28(34-29)30-26-18-8-7-16-24(26)25-17-9-10-19-27(25)35-30/h1-21H. The first kappa shape index (κ1) is 21.9. The lowest BCUT2D eigenvalue weighted by atomic mass is 10.0. The Balaban J connectivity index is 1.42. The van der Waals surface area contributed by atoms with Gasteiger partial charge in [0, 0.05) is 21.9 Å². The van der Waals surface area contributed by atoms with Gasteiger partial charge in [-0.2, -0.15) is 0 Å². The Morgan fingerprint density at radius 1 is 0.316 bits per heavy atom. The van der Waals surface area contributed by atoms with Crippen LogP contribution in [-0.4, -0.2) is 24.9 Å². The highest BCUT2D eigenvalue weighted by atomic mass is 15.0. The summed E-state index contributed by atoms with van der Waals surface area (Å²) >= 11 is 0. The Morgan fingerprint density at radius 3 is 1.53 bits per heavy atom. The van der Waals surface area contributed by atoms with Crippen LogP contribution in [0, 0.1) is 0 Å². The number of rotatable bonds is 4. The van der Waals surface area contributed by atoms with Crippen molar-refractivity contribution in [2.24, 2.45) is 0 Å². The van der Waals surface area contributed by atoms with Crippen LogP contribution in [0.2, 0.25) is 0 Å². The average molecular weight is 488 g/mol. The van der Waals surface area contributed by atoms with Gasteiger partial charge in [-0.25, -0.2) is 24.9 Å². The van der Waals surface area contributed by atoms with Crippen molar-refractivity contribution < 1.29 is 0 Å². The minimum Gasteiger partial charge on any atom is -0.245 e. The van der Waals surface area contributed by atoms with Crippen LogP contribution in [0.15, 0.2) is 127 Å². The molecule has 0 aliphatic carbocycles. The SMILES string of the molecule is c1ccc(-c2nc(-c3ccccc3)nc(-c3cccc(-c4nc5ccccc5c5ccccc45)n3)n2)cc1. The number of hydrogen-bond donors (Lipinski definition) is 0. The molecule has 0 atom stereocenters. The predicted octanol–water partition coefficient (Wildman–Crippen LogP) is 7.64. The van der Waals surface area contributed by atoms with Gasteiger partial charge < -0.3 is 0 Å². The van der Waals surface area contributed by atoms with Crippen LogP contribution in [0.5, 0.6) is 0 Å². The fourth-order valence-electron chi connectivity index (χ4n) is 4.71. The largest absolute Gasteiger partial charge is 0.245 e. The zero-order chi connectivity index (χ0) is 25.3. The van der Waals surface area contributed by atoms with Crippen LogP contribution in [0.4, 0.5) is 0 Å². The van der Waals surface area contributed by atoms with E-state index in [9.17, 15) is 0 Å². The van der Waals surface area contributed by atoms with Crippen molar-refractivity contribution in [2.75, 3.05) is 0 Å². The van der Waals surface area contributed by atoms with Gasteiger partial charge in [0.05, 0.1) is 16.9 Å². The zero-order valence-corrected chi connectivity index (χ0v) is 20.4. The summed E-state index contributed by atoms with van der Waals surface area (Å²) in [4.78, 5) is 24.5. The third-order valence-corrected chi connectivity index (χ3v) is 6.53. The van der Waals surface area contributed by atoms with E-state index < -0.39 is 0 Å². The van der Waals surface area contributed by atoms with Crippen LogP contribution in [0.3, 0.4) is 0 Å². The van der Waals surface area contributed by atoms with Crippen LogP contribution in [-0.2, 0) is 0 Å². The Hall–Kier alpha value is -5.29. The smallest absolute Gasteiger partial charge is 0.182 e. The molecule has 0 aliphatic heterocycles. The normalized spacial score (nSPS) is 11.2. The maximum absolute atomic E-state index is 5.02. The first-order valence-corrected chi connectivity index (χ1v) is 12.5. The maximum atomic E-state index is 5.02. The zero-order valence-electron chi connectivity index (χ0n) is 20.4. The number of pyridine rings is 2. The Kier molecular flexibility index (Phi) is 5.37. The topological polar surface area (TPSA) is 64.5 Å². The van der Waals surface area contributed by atoms with Gasteiger partial charge in [-0.1, -0.05) is 109 Å². The number of nitrogens with zero attached hydrogens (tertiary/aromatic N) is 5. The van der Waals surface area contributed by atoms with Gasteiger partial charge in [0.25, 0.3) is 0 Å². The number of hydrogen-bond acceptors (Lipinski definition) is 5. The molecule has 3 aromatic heterocycles. The first-order valence-electron chi connectivity index (χ1n) is 12.5. The highest BCUT2D eigenvalue weighted by Crippen LogP contribution is 2.32. The van der Waals surface area contributed by atoms with Crippen molar-refractivity contribution in [3.63, 3.8) is 0 Å². The van der Waals surface area contributed by atoms with Gasteiger partial charge >= 0.3 is 0 Å². The van der Waals surface area contributed by atoms with Crippen molar-refractivity contribution in [3.8, 4) is 45.7 Å². The summed E-state index contributed by atoms with van der Waals surface area (Å²) in [5.41, 5.74) is 5.05. The number of benzene rings is 4. The average Bonchev–Trinajstić information content (AvgIpc) is 3.01. The van der Waals surface area contributed by atoms with Crippen LogP contribution >= 0.6 is 0 Å². The molecule has 3 heterocycles. The quantitative estimate of drug-likeness (QED) is 0.239. The molecule has 0 saturated carbocycles. The molecule has 0 bridgehead atoms. The second-order valence-corrected chi connectivity index (χ2v) is 8.97. The molecule has 0 saturated heterocycles. The molecule has 38 heavy (non-hydrogen) atoms. The third-order valence-electron chi connectivity index (χ3n) is 6.53. The highest BCUT2D eigenvalue weighted by molar-refractivity contribution is 6.10. The van der Waals surface area contributed by atoms with E-state index in [0.29, 0.717) is 23.2 Å². The van der Waals surface area contributed by atoms with E-state index in [2.05, 4.69) is 24.3 Å². The lowest BCUT2D eigenvalue weighted by Gasteiger charge is -2.11. The summed E-state index contributed by atoms with van der Waals surface area (Å²) in [5, 5.41) is 3.33. The van der Waals surface area contributed by atoms with Crippen molar-refractivity contribution in [2.45, 2.75) is 0 Å². The van der Waals surface area contributed by atoms with E-state index in [0.717, 1.165) is 44.2 Å². The molecular weight excluding hydrogens is 466 g/mol. The molecule has 0 aliphatic rings. The van der Waals surface area contributed by atoms with E-state index >= 15 is 0 Å². The summed E-state index contributed by atoms with van der Waals surface area (Å²) < 4.78 is 0. The monoisotopic (exact) mass is 487 g/mol. The Bertz CT molecular complexity index is 1860. The van der Waals surface area contributed by atoms with E-state index in [1.165, 1.54) is 0 Å². The predicted molar refractivity (Wildman–Crippen MR) is 152 cm³/mol. The van der Waals surface area contributed by atoms with Gasteiger partial charge in [-0.3, -0.25) is 0 Å². The van der Waals surface area contributed by atoms with Gasteiger partial charge in [0.2, 0.25) is 0 Å². The van der Waals surface area contributed by atoms with Crippen molar-refractivity contribution in [3.05, 3.63) is 127 Å². The fraction of sp³-hybridized carbons (Fsp3) is 0. The van der Waals surface area contributed by atoms with E-state index in [-0.39, 0.29) is 0 Å². The van der Waals surface area contributed by atoms with Crippen LogP contribution in [0.1, 0.15) is 0 Å². The molecule has 0 fully saturated rings. The van der Waals surface area contributed by atoms with Crippen molar-refractivity contribution in [1.29, 1.82) is 0 Å². The summed E-state index contributed by atoms with van der Waals surface area (Å²) in [5.74, 6) is 1.73. The maximum Gasteiger partial charge on any atom is 0.182 e. The molecule has 5 nitrogen and oxygen atoms in total. The molecule has 0 amide bonds. The highest BCUT2D eigenvalue weighted by Gasteiger charge is 2.15. The Labute approximate surface area is 219 Å². The first-order chi connectivity index (χ1) is 18.8. The number of para-hydroxylation sites is 1. The molecule has 0 N–H and O–H groups in total. The molecule has 7 rings (SSSR count). The molecule has 5 heteroatoms. The minimum atomic E-state index is 0.518. The van der Waals surface area contributed by atoms with E-state index in [1.54, 1.807) is 0 Å². The Morgan fingerprint density at radius 2 is 0.842 bits per heavy atom. The molecule has 0 spiro atoms. The second-order valence-electron chi connectivity index (χ2n) is 8.97. The molecule has 7 aromatic rings. The molecule has 178 valence electrons. The lowest BCUT2D eigenvalue weighted by molar-refractivity contribution is 1.06. The molecule has 0 radical (unpaired) electrons. The number of aromatic nitrogens is 5. The third kappa shape index (κ3) is 3.96. The van der Waals surface area contributed by atoms with E-state index in [1.807, 2.05) is 103 Å². The van der Waals surface area contributed by atoms with Gasteiger partial charge in [-0.15, -0.1) is 0 Å². The van der Waals surface area contributed by atoms with Gasteiger partial charge in [0.15, 0.2) is 17.5 Å². The number of fused-ring (bicyclic) bond motifs is 3. The van der Waals surface area contributed by atoms with E-state index in [4.69, 9.17) is 24.9 Å². The minimum absolute atomic E-state index is 0.518. The molecule has 4 aromatic carbocycles. The fourth-order valence-corrected chi connectivity index (χ4v) is 4.71. The van der Waals surface area contributed by atoms with Gasteiger partial charge in [0.1, 0.15) is 5.69 Å². The summed E-state index contributed by atoms with van der Waals surface area (Å²) in [6.45, 7) is 0.